The van der Waals surface area contributed by atoms with E-state index in [2.05, 4.69) is 25.1 Å². The molecule has 3 N–H and O–H groups in total. The Kier molecular flexibility index (Phi) is 1.81. The maximum Gasteiger partial charge on any atom is 0.160 e. The van der Waals surface area contributed by atoms with Crippen LogP contribution in [0, 0.1) is 0 Å². The van der Waals surface area contributed by atoms with Crippen molar-refractivity contribution in [1.82, 2.24) is 20.2 Å². The van der Waals surface area contributed by atoms with E-state index >= 15 is 0 Å². The summed E-state index contributed by atoms with van der Waals surface area (Å²) in [5.74, 6) is 0.932. The van der Waals surface area contributed by atoms with Crippen molar-refractivity contribution < 1.29 is 0 Å². The lowest BCUT2D eigenvalue weighted by Gasteiger charge is -2.16. The molecule has 1 saturated heterocycles. The van der Waals surface area contributed by atoms with Crippen molar-refractivity contribution in [2.45, 2.75) is 12.5 Å². The molecule has 0 radical (unpaired) electrons. The molecule has 0 spiro atoms. The van der Waals surface area contributed by atoms with Gasteiger partial charge >= 0.3 is 0 Å². The summed E-state index contributed by atoms with van der Waals surface area (Å²) >= 11 is 0. The quantitative estimate of drug-likeness (QED) is 0.677. The molecule has 0 bridgehead atoms. The largest absolute Gasteiger partial charge is 0.354 e. The number of nitrogens with one attached hydrogen (secondary N) is 1. The number of nitrogens with two attached hydrogens (primary N) is 1. The zero-order valence-electron chi connectivity index (χ0n) is 8.22. The molecule has 1 unspecified atom stereocenters. The van der Waals surface area contributed by atoms with Crippen molar-refractivity contribution in [3.8, 4) is 0 Å². The van der Waals surface area contributed by atoms with Gasteiger partial charge in [0.2, 0.25) is 0 Å². The van der Waals surface area contributed by atoms with E-state index < -0.39 is 0 Å². The third-order valence-corrected chi connectivity index (χ3v) is 2.75. The Morgan fingerprint density at radius 3 is 3.20 bits per heavy atom. The first-order chi connectivity index (χ1) is 7.34. The summed E-state index contributed by atoms with van der Waals surface area (Å²) in [6.45, 7) is 1.82. The van der Waals surface area contributed by atoms with Crippen LogP contribution in [0.25, 0.3) is 11.0 Å². The smallest absolute Gasteiger partial charge is 0.160 e. The lowest BCUT2D eigenvalue weighted by Crippen LogP contribution is -2.27. The van der Waals surface area contributed by atoms with Crippen LogP contribution >= 0.6 is 0 Å². The second-order valence-corrected chi connectivity index (χ2v) is 3.82. The third-order valence-electron chi connectivity index (χ3n) is 2.75. The number of fused-ring (bicyclic) bond motifs is 1. The summed E-state index contributed by atoms with van der Waals surface area (Å²) in [6.07, 6.45) is 4.33. The molecule has 0 aliphatic carbocycles. The average molecular weight is 204 g/mol. The first kappa shape index (κ1) is 8.60. The number of nitrogens with zero attached hydrogens (tertiary/aromatic N) is 4. The highest BCUT2D eigenvalue weighted by Crippen LogP contribution is 2.23. The van der Waals surface area contributed by atoms with E-state index in [1.54, 1.807) is 12.5 Å². The number of hydrogen-bond acceptors (Lipinski definition) is 5. The molecule has 0 amide bonds. The molecule has 0 saturated carbocycles. The minimum Gasteiger partial charge on any atom is -0.354 e. The van der Waals surface area contributed by atoms with Gasteiger partial charge in [-0.25, -0.2) is 9.97 Å². The number of rotatable bonds is 1. The fraction of sp³-hybridized carbons (Fsp3) is 0.444. The number of hydrogen-bond donors (Lipinski definition) is 2. The van der Waals surface area contributed by atoms with Gasteiger partial charge in [-0.15, -0.1) is 0 Å². The van der Waals surface area contributed by atoms with E-state index in [4.69, 9.17) is 5.73 Å². The van der Waals surface area contributed by atoms with Gasteiger partial charge in [0.25, 0.3) is 0 Å². The van der Waals surface area contributed by atoms with Crippen molar-refractivity contribution in [1.29, 1.82) is 0 Å². The van der Waals surface area contributed by atoms with Gasteiger partial charge in [0.1, 0.15) is 12.1 Å². The van der Waals surface area contributed by atoms with Crippen LogP contribution in [0.5, 0.6) is 0 Å². The summed E-state index contributed by atoms with van der Waals surface area (Å²) in [5.41, 5.74) is 6.65. The molecule has 6 nitrogen and oxygen atoms in total. The van der Waals surface area contributed by atoms with E-state index in [1.165, 1.54) is 0 Å². The van der Waals surface area contributed by atoms with Crippen molar-refractivity contribution in [2.24, 2.45) is 5.73 Å². The normalized spacial score (nSPS) is 21.4. The fourth-order valence-corrected chi connectivity index (χ4v) is 1.98. The molecular formula is C9H12N6. The maximum absolute atomic E-state index is 5.87. The summed E-state index contributed by atoms with van der Waals surface area (Å²) in [4.78, 5) is 10.6. The molecule has 3 heterocycles. The van der Waals surface area contributed by atoms with Crippen molar-refractivity contribution in [3.63, 3.8) is 0 Å². The molecule has 3 rings (SSSR count). The van der Waals surface area contributed by atoms with Gasteiger partial charge in [-0.2, -0.15) is 5.10 Å². The molecule has 78 valence electrons. The Hall–Kier alpha value is -1.69. The standard InChI is InChI=1S/C9H12N6/c10-6-1-2-15(4-6)9-7-3-13-14-8(7)11-5-12-9/h3,5-6H,1-2,4,10H2,(H,11,12,13,14). The molecule has 1 atom stereocenters. The Morgan fingerprint density at radius 2 is 2.40 bits per heavy atom. The zero-order chi connectivity index (χ0) is 10.3. The molecule has 2 aromatic heterocycles. The average Bonchev–Trinajstić information content (AvgIpc) is 2.84. The Labute approximate surface area is 86.5 Å². The van der Waals surface area contributed by atoms with Gasteiger partial charge in [0, 0.05) is 19.1 Å². The maximum atomic E-state index is 5.87. The molecule has 1 aliphatic heterocycles. The minimum atomic E-state index is 0.252. The number of H-pyrrole nitrogens is 1. The Bertz CT molecular complexity index is 478. The van der Waals surface area contributed by atoms with E-state index in [-0.39, 0.29) is 6.04 Å². The van der Waals surface area contributed by atoms with Gasteiger partial charge < -0.3 is 10.6 Å². The van der Waals surface area contributed by atoms with Crippen LogP contribution in [0.15, 0.2) is 12.5 Å². The Balaban J connectivity index is 2.06. The van der Waals surface area contributed by atoms with E-state index in [1.807, 2.05) is 0 Å². The zero-order valence-corrected chi connectivity index (χ0v) is 8.22. The number of aromatic amines is 1. The van der Waals surface area contributed by atoms with E-state index in [0.717, 1.165) is 36.4 Å². The first-order valence-corrected chi connectivity index (χ1v) is 4.99. The summed E-state index contributed by atoms with van der Waals surface area (Å²) in [5, 5.41) is 7.77. The van der Waals surface area contributed by atoms with E-state index in [0.29, 0.717) is 0 Å². The van der Waals surface area contributed by atoms with Crippen LogP contribution in [-0.4, -0.2) is 39.3 Å². The molecule has 15 heavy (non-hydrogen) atoms. The molecule has 1 fully saturated rings. The van der Waals surface area contributed by atoms with Gasteiger partial charge in [-0.05, 0) is 6.42 Å². The Morgan fingerprint density at radius 1 is 1.47 bits per heavy atom. The molecule has 0 aromatic carbocycles. The van der Waals surface area contributed by atoms with Crippen molar-refractivity contribution >= 4 is 16.9 Å². The van der Waals surface area contributed by atoms with Crippen molar-refractivity contribution in [3.05, 3.63) is 12.5 Å². The summed E-state index contributed by atoms with van der Waals surface area (Å²) in [6, 6.07) is 0.252. The van der Waals surface area contributed by atoms with Gasteiger partial charge in [-0.1, -0.05) is 0 Å². The highest BCUT2D eigenvalue weighted by atomic mass is 15.2. The third kappa shape index (κ3) is 1.33. The van der Waals surface area contributed by atoms with Crippen molar-refractivity contribution in [2.75, 3.05) is 18.0 Å². The first-order valence-electron chi connectivity index (χ1n) is 4.99. The molecule has 2 aromatic rings. The van der Waals surface area contributed by atoms with Crippen LogP contribution in [0.4, 0.5) is 5.82 Å². The van der Waals surface area contributed by atoms with Crippen LogP contribution in [0.2, 0.25) is 0 Å². The summed E-state index contributed by atoms with van der Waals surface area (Å²) in [7, 11) is 0. The SMILES string of the molecule is NC1CCN(c2ncnc3[nH]ncc23)C1. The minimum absolute atomic E-state index is 0.252. The van der Waals surface area contributed by atoms with Crippen LogP contribution in [0.1, 0.15) is 6.42 Å². The summed E-state index contributed by atoms with van der Waals surface area (Å²) < 4.78 is 0. The fourth-order valence-electron chi connectivity index (χ4n) is 1.98. The lowest BCUT2D eigenvalue weighted by atomic mass is 10.3. The van der Waals surface area contributed by atoms with Crippen LogP contribution in [-0.2, 0) is 0 Å². The lowest BCUT2D eigenvalue weighted by molar-refractivity contribution is 0.751. The highest BCUT2D eigenvalue weighted by molar-refractivity contribution is 5.86. The number of anilines is 1. The van der Waals surface area contributed by atoms with Gasteiger partial charge in [-0.3, -0.25) is 5.10 Å². The predicted octanol–water partition coefficient (Wildman–Crippen LogP) is -0.110. The molecule has 6 heteroatoms. The van der Waals surface area contributed by atoms with Gasteiger partial charge in [0.05, 0.1) is 11.6 Å². The highest BCUT2D eigenvalue weighted by Gasteiger charge is 2.22. The molecule has 1 aliphatic rings. The monoisotopic (exact) mass is 204 g/mol. The number of aromatic nitrogens is 4. The van der Waals surface area contributed by atoms with Crippen LogP contribution in [0.3, 0.4) is 0 Å². The molecular weight excluding hydrogens is 192 g/mol. The topological polar surface area (TPSA) is 83.7 Å². The van der Waals surface area contributed by atoms with Gasteiger partial charge in [0.15, 0.2) is 5.65 Å². The van der Waals surface area contributed by atoms with E-state index in [9.17, 15) is 0 Å². The van der Waals surface area contributed by atoms with Crippen LogP contribution < -0.4 is 10.6 Å². The second kappa shape index (κ2) is 3.16. The second-order valence-electron chi connectivity index (χ2n) is 3.82. The predicted molar refractivity (Wildman–Crippen MR) is 56.5 cm³/mol.